The second-order valence-corrected chi connectivity index (χ2v) is 6.22. The molecule has 0 atom stereocenters. The summed E-state index contributed by atoms with van der Waals surface area (Å²) in [6, 6.07) is 10.9. The van der Waals surface area contributed by atoms with Crippen molar-refractivity contribution in [3.8, 4) is 11.5 Å². The third kappa shape index (κ3) is 4.37. The third-order valence-electron chi connectivity index (χ3n) is 4.35. The summed E-state index contributed by atoms with van der Waals surface area (Å²) in [6.45, 7) is 1.08. The molecular formula is C21H19NO7. The van der Waals surface area contributed by atoms with E-state index in [0.717, 1.165) is 0 Å². The van der Waals surface area contributed by atoms with E-state index in [1.165, 1.54) is 19.2 Å². The monoisotopic (exact) mass is 397 g/mol. The van der Waals surface area contributed by atoms with Crippen LogP contribution < -0.4 is 15.7 Å². The van der Waals surface area contributed by atoms with Crippen molar-refractivity contribution in [2.24, 2.45) is 0 Å². The Balaban J connectivity index is 1.66. The first-order valence-electron chi connectivity index (χ1n) is 8.73. The lowest BCUT2D eigenvalue weighted by atomic mass is 10.1. The lowest BCUT2D eigenvalue weighted by molar-refractivity contribution is -0.143. The number of phenols is 1. The Morgan fingerprint density at radius 1 is 1.17 bits per heavy atom. The van der Waals surface area contributed by atoms with Gasteiger partial charge in [0.05, 0.1) is 12.7 Å². The number of hydrogen-bond acceptors (Lipinski definition) is 7. The molecule has 3 aromatic rings. The van der Waals surface area contributed by atoms with Gasteiger partial charge < -0.3 is 24.3 Å². The molecule has 3 rings (SSSR count). The maximum absolute atomic E-state index is 12.2. The molecule has 29 heavy (non-hydrogen) atoms. The van der Waals surface area contributed by atoms with Crippen molar-refractivity contribution in [3.63, 3.8) is 0 Å². The van der Waals surface area contributed by atoms with Crippen LogP contribution in [0.1, 0.15) is 21.5 Å². The standard InChI is InChI=1S/C21H19NO7/c1-12-16(23)8-7-14-13(9-18(24)29-20(12)14)11-28-19(25)10-22-21(26)15-5-3-4-6-17(15)27-2/h3-9,23H,10-11H2,1-2H3,(H,22,26). The molecule has 1 aromatic heterocycles. The van der Waals surface area contributed by atoms with Crippen LogP contribution in [0.5, 0.6) is 11.5 Å². The fraction of sp³-hybridized carbons (Fsp3) is 0.190. The molecule has 0 unspecified atom stereocenters. The number of phenolic OH excluding ortho intramolecular Hbond substituents is 1. The van der Waals surface area contributed by atoms with Gasteiger partial charge in [0.15, 0.2) is 0 Å². The van der Waals surface area contributed by atoms with Crippen LogP contribution in [-0.2, 0) is 16.1 Å². The zero-order chi connectivity index (χ0) is 21.0. The number of esters is 1. The number of carbonyl (C=O) groups is 2. The number of para-hydroxylation sites is 1. The molecule has 0 saturated carbocycles. The summed E-state index contributed by atoms with van der Waals surface area (Å²) >= 11 is 0. The molecule has 1 heterocycles. The molecule has 8 heteroatoms. The fourth-order valence-corrected chi connectivity index (χ4v) is 2.82. The van der Waals surface area contributed by atoms with Crippen molar-refractivity contribution >= 4 is 22.8 Å². The van der Waals surface area contributed by atoms with Crippen LogP contribution in [0.25, 0.3) is 11.0 Å². The highest BCUT2D eigenvalue weighted by molar-refractivity contribution is 5.98. The lowest BCUT2D eigenvalue weighted by Crippen LogP contribution is -2.30. The van der Waals surface area contributed by atoms with E-state index in [-0.39, 0.29) is 24.5 Å². The Morgan fingerprint density at radius 2 is 1.93 bits per heavy atom. The van der Waals surface area contributed by atoms with Crippen LogP contribution in [0.15, 0.2) is 51.7 Å². The number of nitrogens with one attached hydrogen (secondary N) is 1. The molecule has 0 spiro atoms. The van der Waals surface area contributed by atoms with Crippen LogP contribution in [0.2, 0.25) is 0 Å². The Bertz CT molecular complexity index is 1130. The maximum atomic E-state index is 12.2. The second-order valence-electron chi connectivity index (χ2n) is 6.22. The van der Waals surface area contributed by atoms with Crippen LogP contribution in [0, 0.1) is 6.92 Å². The molecule has 8 nitrogen and oxygen atoms in total. The number of benzene rings is 2. The smallest absolute Gasteiger partial charge is 0.336 e. The zero-order valence-corrected chi connectivity index (χ0v) is 15.9. The number of methoxy groups -OCH3 is 1. The number of ether oxygens (including phenoxy) is 2. The van der Waals surface area contributed by atoms with E-state index in [2.05, 4.69) is 5.32 Å². The van der Waals surface area contributed by atoms with Crippen molar-refractivity contribution in [2.75, 3.05) is 13.7 Å². The Kier molecular flexibility index (Phi) is 5.82. The molecule has 1 amide bonds. The fourth-order valence-electron chi connectivity index (χ4n) is 2.82. The molecular weight excluding hydrogens is 378 g/mol. The van der Waals surface area contributed by atoms with E-state index in [9.17, 15) is 19.5 Å². The lowest BCUT2D eigenvalue weighted by Gasteiger charge is -2.10. The van der Waals surface area contributed by atoms with E-state index in [1.807, 2.05) is 0 Å². The van der Waals surface area contributed by atoms with Gasteiger partial charge in [-0.15, -0.1) is 0 Å². The van der Waals surface area contributed by atoms with Gasteiger partial charge in [-0.3, -0.25) is 9.59 Å². The van der Waals surface area contributed by atoms with Crippen LogP contribution >= 0.6 is 0 Å². The summed E-state index contributed by atoms with van der Waals surface area (Å²) in [6.07, 6.45) is 0. The first kappa shape index (κ1) is 19.9. The molecule has 150 valence electrons. The van der Waals surface area contributed by atoms with Crippen molar-refractivity contribution in [1.82, 2.24) is 5.32 Å². The number of amides is 1. The van der Waals surface area contributed by atoms with Crippen molar-refractivity contribution in [1.29, 1.82) is 0 Å². The van der Waals surface area contributed by atoms with Crippen LogP contribution in [0.4, 0.5) is 0 Å². The molecule has 0 bridgehead atoms. The van der Waals surface area contributed by atoms with Gasteiger partial charge in [0.1, 0.15) is 30.2 Å². The van der Waals surface area contributed by atoms with Crippen molar-refractivity contribution in [3.05, 3.63) is 69.6 Å². The quantitative estimate of drug-likeness (QED) is 0.484. The highest BCUT2D eigenvalue weighted by Gasteiger charge is 2.15. The summed E-state index contributed by atoms with van der Waals surface area (Å²) in [7, 11) is 1.45. The summed E-state index contributed by atoms with van der Waals surface area (Å²) in [5, 5.41) is 12.8. The van der Waals surface area contributed by atoms with Crippen LogP contribution in [-0.4, -0.2) is 30.6 Å². The van der Waals surface area contributed by atoms with Crippen molar-refractivity contribution in [2.45, 2.75) is 13.5 Å². The van der Waals surface area contributed by atoms with E-state index in [4.69, 9.17) is 13.9 Å². The average Bonchev–Trinajstić information content (AvgIpc) is 2.73. The molecule has 0 aliphatic carbocycles. The molecule has 2 N–H and O–H groups in total. The molecule has 0 aliphatic rings. The zero-order valence-electron chi connectivity index (χ0n) is 15.9. The van der Waals surface area contributed by atoms with Gasteiger partial charge in [-0.25, -0.2) is 4.79 Å². The van der Waals surface area contributed by atoms with E-state index >= 15 is 0 Å². The predicted octanol–water partition coefficient (Wildman–Crippen LogP) is 2.29. The average molecular weight is 397 g/mol. The first-order valence-corrected chi connectivity index (χ1v) is 8.73. The van der Waals surface area contributed by atoms with E-state index < -0.39 is 17.5 Å². The molecule has 0 radical (unpaired) electrons. The number of hydrogen-bond donors (Lipinski definition) is 2. The van der Waals surface area contributed by atoms with Gasteiger partial charge in [-0.05, 0) is 31.2 Å². The Morgan fingerprint density at radius 3 is 2.69 bits per heavy atom. The Hall–Kier alpha value is -3.81. The van der Waals surface area contributed by atoms with Crippen molar-refractivity contribution < 1.29 is 28.6 Å². The highest BCUT2D eigenvalue weighted by Crippen LogP contribution is 2.27. The number of aryl methyl sites for hydroxylation is 1. The van der Waals surface area contributed by atoms with Crippen LogP contribution in [0.3, 0.4) is 0 Å². The normalized spacial score (nSPS) is 10.6. The minimum Gasteiger partial charge on any atom is -0.508 e. The van der Waals surface area contributed by atoms with E-state index in [0.29, 0.717) is 27.8 Å². The SMILES string of the molecule is COc1ccccc1C(=O)NCC(=O)OCc1cc(=O)oc2c(C)c(O)ccc12. The van der Waals surface area contributed by atoms with Gasteiger partial charge >= 0.3 is 11.6 Å². The Labute approximate surface area is 165 Å². The van der Waals surface area contributed by atoms with Gasteiger partial charge in [-0.2, -0.15) is 0 Å². The molecule has 2 aromatic carbocycles. The summed E-state index contributed by atoms with van der Waals surface area (Å²) < 4.78 is 15.4. The minimum absolute atomic E-state index is 0.00570. The minimum atomic E-state index is -0.676. The number of aromatic hydroxyl groups is 1. The second kappa shape index (κ2) is 8.47. The summed E-state index contributed by atoms with van der Waals surface area (Å²) in [5.41, 5.74) is 0.750. The number of rotatable bonds is 6. The van der Waals surface area contributed by atoms with Gasteiger partial charge in [0.2, 0.25) is 0 Å². The molecule has 0 saturated heterocycles. The number of fused-ring (bicyclic) bond motifs is 1. The van der Waals surface area contributed by atoms with Gasteiger partial charge in [-0.1, -0.05) is 12.1 Å². The maximum Gasteiger partial charge on any atom is 0.336 e. The summed E-state index contributed by atoms with van der Waals surface area (Å²) in [5.74, 6) is -0.769. The molecule has 0 fully saturated rings. The third-order valence-corrected chi connectivity index (χ3v) is 4.35. The molecule has 0 aliphatic heterocycles. The topological polar surface area (TPSA) is 115 Å². The first-order chi connectivity index (χ1) is 13.9. The highest BCUT2D eigenvalue weighted by atomic mass is 16.5. The van der Waals surface area contributed by atoms with Gasteiger partial charge in [0, 0.05) is 22.6 Å². The predicted molar refractivity (Wildman–Crippen MR) is 104 cm³/mol. The van der Waals surface area contributed by atoms with E-state index in [1.54, 1.807) is 37.3 Å². The summed E-state index contributed by atoms with van der Waals surface area (Å²) in [4.78, 5) is 36.0. The largest absolute Gasteiger partial charge is 0.508 e. The number of carbonyl (C=O) groups excluding carboxylic acids is 2. The van der Waals surface area contributed by atoms with Gasteiger partial charge in [0.25, 0.3) is 5.91 Å².